The highest BCUT2D eigenvalue weighted by atomic mass is 32.2. The Balaban J connectivity index is 1.30. The first-order chi connectivity index (χ1) is 21.9. The van der Waals surface area contributed by atoms with E-state index in [4.69, 9.17) is 4.42 Å². The van der Waals surface area contributed by atoms with Crippen LogP contribution in [0.5, 0.6) is 0 Å². The van der Waals surface area contributed by atoms with E-state index >= 15 is 0 Å². The highest BCUT2D eigenvalue weighted by molar-refractivity contribution is 8.00. The van der Waals surface area contributed by atoms with Gasteiger partial charge in [0, 0.05) is 17.9 Å². The SMILES string of the molecule is C=CCN1C(=O)C2(c3ccccc31)c1c(oc3ccc(F)cc3c1=O)C(=O)N2c1nnc(SCc2cccc3ccccc23)s1. The van der Waals surface area contributed by atoms with Crippen LogP contribution in [0.25, 0.3) is 21.7 Å². The molecule has 1 unspecified atom stereocenters. The van der Waals surface area contributed by atoms with Crippen molar-refractivity contribution in [1.29, 1.82) is 0 Å². The minimum atomic E-state index is -1.94. The fourth-order valence-electron chi connectivity index (χ4n) is 6.35. The molecule has 2 aromatic heterocycles. The molecule has 2 aliphatic rings. The lowest BCUT2D eigenvalue weighted by Crippen LogP contribution is -2.53. The molecule has 0 saturated carbocycles. The number of amides is 2. The van der Waals surface area contributed by atoms with Gasteiger partial charge in [-0.3, -0.25) is 19.3 Å². The van der Waals surface area contributed by atoms with Crippen molar-refractivity contribution in [2.45, 2.75) is 15.6 Å². The third-order valence-electron chi connectivity index (χ3n) is 8.22. The van der Waals surface area contributed by atoms with Gasteiger partial charge in [0.1, 0.15) is 11.4 Å². The van der Waals surface area contributed by atoms with E-state index < -0.39 is 28.6 Å². The summed E-state index contributed by atoms with van der Waals surface area (Å²) in [4.78, 5) is 45.9. The molecule has 2 aliphatic heterocycles. The van der Waals surface area contributed by atoms with Crippen molar-refractivity contribution in [1.82, 2.24) is 10.2 Å². The third-order valence-corrected chi connectivity index (χ3v) is 10.3. The van der Waals surface area contributed by atoms with Gasteiger partial charge < -0.3 is 9.32 Å². The standard InChI is InChI=1S/C34H21FN4O4S2/c1-2-16-38-25-13-6-5-12-24(25)34(31(38)42)27-28(40)23-17-21(35)14-15-26(23)43-29(27)30(41)39(34)32-36-37-33(45-32)44-18-20-10-7-9-19-8-3-4-11-22(19)20/h2-15,17H,1,16,18H2. The number of hydrogen-bond donors (Lipinski definition) is 0. The van der Waals surface area contributed by atoms with Crippen molar-refractivity contribution in [3.63, 3.8) is 0 Å². The van der Waals surface area contributed by atoms with Gasteiger partial charge in [-0.25, -0.2) is 4.39 Å². The normalized spacial score (nSPS) is 17.1. The van der Waals surface area contributed by atoms with E-state index in [1.165, 1.54) is 27.6 Å². The van der Waals surface area contributed by atoms with Gasteiger partial charge in [0.2, 0.25) is 10.9 Å². The number of benzene rings is 4. The molecule has 0 saturated heterocycles. The molecule has 6 aromatic rings. The predicted molar refractivity (Wildman–Crippen MR) is 172 cm³/mol. The summed E-state index contributed by atoms with van der Waals surface area (Å²) in [7, 11) is 0. The largest absolute Gasteiger partial charge is 0.450 e. The molecule has 0 fully saturated rings. The van der Waals surface area contributed by atoms with Crippen LogP contribution in [0.1, 0.15) is 27.2 Å². The van der Waals surface area contributed by atoms with Crippen molar-refractivity contribution < 1.29 is 18.4 Å². The second-order valence-electron chi connectivity index (χ2n) is 10.6. The maximum atomic E-state index is 14.6. The molecule has 1 spiro atoms. The summed E-state index contributed by atoms with van der Waals surface area (Å²) in [6.07, 6.45) is 1.57. The molecule has 8 rings (SSSR count). The Morgan fingerprint density at radius 2 is 1.76 bits per heavy atom. The van der Waals surface area contributed by atoms with Gasteiger partial charge in [-0.1, -0.05) is 89.8 Å². The van der Waals surface area contributed by atoms with Crippen LogP contribution < -0.4 is 15.2 Å². The average Bonchev–Trinajstić information content (AvgIpc) is 3.69. The van der Waals surface area contributed by atoms with Gasteiger partial charge in [0.05, 0.1) is 16.6 Å². The summed E-state index contributed by atoms with van der Waals surface area (Å²) in [6, 6.07) is 24.7. The molecule has 4 aromatic carbocycles. The monoisotopic (exact) mass is 632 g/mol. The lowest BCUT2D eigenvalue weighted by molar-refractivity contribution is -0.121. The van der Waals surface area contributed by atoms with Crippen molar-refractivity contribution >= 4 is 67.5 Å². The number of nitrogens with zero attached hydrogens (tertiary/aromatic N) is 4. The maximum absolute atomic E-state index is 14.6. The van der Waals surface area contributed by atoms with Gasteiger partial charge in [-0.05, 0) is 40.6 Å². The number of fused-ring (bicyclic) bond motifs is 6. The average molecular weight is 633 g/mol. The Bertz CT molecular complexity index is 2290. The Morgan fingerprint density at radius 1 is 0.956 bits per heavy atom. The number of halogens is 1. The van der Waals surface area contributed by atoms with Crippen LogP contribution in [0, 0.1) is 5.82 Å². The van der Waals surface area contributed by atoms with Crippen molar-refractivity contribution in [2.24, 2.45) is 0 Å². The van der Waals surface area contributed by atoms with Crippen LogP contribution in [0.2, 0.25) is 0 Å². The van der Waals surface area contributed by atoms with Gasteiger partial charge in [-0.15, -0.1) is 16.8 Å². The molecule has 4 heterocycles. The first-order valence-electron chi connectivity index (χ1n) is 14.0. The van der Waals surface area contributed by atoms with Crippen LogP contribution in [0.3, 0.4) is 0 Å². The molecule has 8 nitrogen and oxygen atoms in total. The lowest BCUT2D eigenvalue weighted by atomic mass is 9.84. The molecule has 11 heteroatoms. The first-order valence-corrected chi connectivity index (χ1v) is 15.8. The number of hydrogen-bond acceptors (Lipinski definition) is 8. The highest BCUT2D eigenvalue weighted by Crippen LogP contribution is 2.54. The van der Waals surface area contributed by atoms with Crippen LogP contribution in [-0.2, 0) is 16.1 Å². The molecule has 0 aliphatic carbocycles. The van der Waals surface area contributed by atoms with E-state index in [1.807, 2.05) is 18.2 Å². The van der Waals surface area contributed by atoms with Crippen molar-refractivity contribution in [3.05, 3.63) is 136 Å². The van der Waals surface area contributed by atoms with E-state index in [2.05, 4.69) is 41.0 Å². The molecule has 0 bridgehead atoms. The maximum Gasteiger partial charge on any atom is 0.297 e. The second kappa shape index (κ2) is 10.2. The van der Waals surface area contributed by atoms with Gasteiger partial charge in [0.15, 0.2) is 15.3 Å². The molecule has 45 heavy (non-hydrogen) atoms. The summed E-state index contributed by atoms with van der Waals surface area (Å²) < 4.78 is 20.9. The van der Waals surface area contributed by atoms with Crippen molar-refractivity contribution in [3.8, 4) is 0 Å². The Hall–Kier alpha value is -5.13. The minimum Gasteiger partial charge on any atom is -0.450 e. The number of anilines is 2. The van der Waals surface area contributed by atoms with Gasteiger partial charge >= 0.3 is 0 Å². The van der Waals surface area contributed by atoms with E-state index in [0.29, 0.717) is 21.3 Å². The molecule has 220 valence electrons. The molecule has 1 atom stereocenters. The molecular formula is C34H21FN4O4S2. The lowest BCUT2D eigenvalue weighted by Gasteiger charge is -2.31. The molecule has 2 amide bonds. The topological polar surface area (TPSA) is 96.6 Å². The van der Waals surface area contributed by atoms with E-state index in [1.54, 1.807) is 30.3 Å². The highest BCUT2D eigenvalue weighted by Gasteiger charge is 2.66. The zero-order valence-electron chi connectivity index (χ0n) is 23.4. The quantitative estimate of drug-likeness (QED) is 0.115. The third kappa shape index (κ3) is 3.87. The molecular weight excluding hydrogens is 612 g/mol. The summed E-state index contributed by atoms with van der Waals surface area (Å²) in [5.41, 5.74) is -0.700. The minimum absolute atomic E-state index is 0.0378. The fourth-order valence-corrected chi connectivity index (χ4v) is 8.25. The number of para-hydroxylation sites is 1. The number of rotatable bonds is 6. The fraction of sp³-hybridized carbons (Fsp3) is 0.0882. The van der Waals surface area contributed by atoms with E-state index in [0.717, 1.165) is 39.8 Å². The number of carbonyl (C=O) groups is 2. The van der Waals surface area contributed by atoms with Crippen molar-refractivity contribution in [2.75, 3.05) is 16.3 Å². The number of aromatic nitrogens is 2. The summed E-state index contributed by atoms with van der Waals surface area (Å²) in [5, 5.41) is 11.1. The Labute approximate surface area is 263 Å². The first kappa shape index (κ1) is 27.4. The molecule has 0 N–H and O–H groups in total. The van der Waals surface area contributed by atoms with Crippen LogP contribution in [0.4, 0.5) is 15.2 Å². The van der Waals surface area contributed by atoms with Gasteiger partial charge in [0.25, 0.3) is 11.8 Å². The second-order valence-corrected chi connectivity index (χ2v) is 12.8. The predicted octanol–water partition coefficient (Wildman–Crippen LogP) is 6.67. The van der Waals surface area contributed by atoms with Crippen LogP contribution >= 0.6 is 23.1 Å². The van der Waals surface area contributed by atoms with E-state index in [-0.39, 0.29) is 34.0 Å². The number of carbonyl (C=O) groups excluding carboxylic acids is 2. The van der Waals surface area contributed by atoms with Crippen LogP contribution in [-0.4, -0.2) is 28.6 Å². The summed E-state index contributed by atoms with van der Waals surface area (Å²) >= 11 is 2.60. The Morgan fingerprint density at radius 3 is 2.62 bits per heavy atom. The zero-order chi connectivity index (χ0) is 30.9. The zero-order valence-corrected chi connectivity index (χ0v) is 25.0. The van der Waals surface area contributed by atoms with E-state index in [9.17, 15) is 18.8 Å². The number of thioether (sulfide) groups is 1. The summed E-state index contributed by atoms with van der Waals surface area (Å²) in [6.45, 7) is 3.93. The van der Waals surface area contributed by atoms with Gasteiger partial charge in [-0.2, -0.15) is 0 Å². The molecule has 0 radical (unpaired) electrons. The Kier molecular flexibility index (Phi) is 6.23. The summed E-state index contributed by atoms with van der Waals surface area (Å²) in [5.74, 6) is -1.59. The van der Waals surface area contributed by atoms with Crippen LogP contribution in [0.15, 0.2) is 111 Å². The smallest absolute Gasteiger partial charge is 0.297 e.